The number of rotatable bonds is 2. The van der Waals surface area contributed by atoms with E-state index in [0.29, 0.717) is 10.4 Å². The maximum absolute atomic E-state index is 6.23. The molecule has 0 amide bonds. The highest BCUT2D eigenvalue weighted by Crippen LogP contribution is 2.42. The van der Waals surface area contributed by atoms with Gasteiger partial charge in [0.25, 0.3) is 0 Å². The van der Waals surface area contributed by atoms with Crippen LogP contribution in [0.4, 0.5) is 5.69 Å². The van der Waals surface area contributed by atoms with Gasteiger partial charge < -0.3 is 10.1 Å². The molecule has 1 aromatic carbocycles. The SMILES string of the molecule is COc1ccc(Cl)c(NC2=NCC3(CCCCC3)CS2)c1. The number of halogens is 1. The predicted octanol–water partition coefficient (Wildman–Crippen LogP) is 4.81. The number of benzene rings is 1. The van der Waals surface area contributed by atoms with Crippen LogP contribution in [0.25, 0.3) is 0 Å². The van der Waals surface area contributed by atoms with Crippen molar-refractivity contribution >= 4 is 34.2 Å². The van der Waals surface area contributed by atoms with Crippen LogP contribution in [0.3, 0.4) is 0 Å². The number of thioether (sulfide) groups is 1. The van der Waals surface area contributed by atoms with Crippen molar-refractivity contribution in [3.63, 3.8) is 0 Å². The molecule has 1 saturated carbocycles. The molecule has 0 atom stereocenters. The van der Waals surface area contributed by atoms with Crippen molar-refractivity contribution < 1.29 is 4.74 Å². The van der Waals surface area contributed by atoms with Crippen molar-refractivity contribution in [1.29, 1.82) is 0 Å². The van der Waals surface area contributed by atoms with E-state index in [-0.39, 0.29) is 0 Å². The topological polar surface area (TPSA) is 33.6 Å². The summed E-state index contributed by atoms with van der Waals surface area (Å²) in [4.78, 5) is 4.77. The second kappa shape index (κ2) is 6.49. The Balaban J connectivity index is 1.69. The number of anilines is 1. The summed E-state index contributed by atoms with van der Waals surface area (Å²) in [6.45, 7) is 0.948. The first-order valence-corrected chi connectivity index (χ1v) is 8.85. The van der Waals surface area contributed by atoms with Crippen molar-refractivity contribution in [3.8, 4) is 5.75 Å². The fourth-order valence-electron chi connectivity index (χ4n) is 3.07. The van der Waals surface area contributed by atoms with Gasteiger partial charge in [0.05, 0.1) is 17.8 Å². The van der Waals surface area contributed by atoms with E-state index in [1.807, 2.05) is 30.0 Å². The molecular formula is C16H21ClN2OS. The van der Waals surface area contributed by atoms with Gasteiger partial charge in [-0.1, -0.05) is 42.6 Å². The van der Waals surface area contributed by atoms with Gasteiger partial charge in [0.2, 0.25) is 0 Å². The molecule has 0 aromatic heterocycles. The van der Waals surface area contributed by atoms with Gasteiger partial charge in [-0.05, 0) is 30.4 Å². The maximum Gasteiger partial charge on any atom is 0.161 e. The summed E-state index contributed by atoms with van der Waals surface area (Å²) in [5.74, 6) is 1.97. The highest BCUT2D eigenvalue weighted by Gasteiger charge is 2.34. The molecule has 114 valence electrons. The minimum atomic E-state index is 0.451. The average molecular weight is 325 g/mol. The van der Waals surface area contributed by atoms with Crippen molar-refractivity contribution in [1.82, 2.24) is 0 Å². The van der Waals surface area contributed by atoms with E-state index >= 15 is 0 Å². The molecule has 0 saturated heterocycles. The standard InChI is InChI=1S/C16H21ClN2OS/c1-20-12-5-6-13(17)14(9-12)19-15-18-10-16(11-21-15)7-3-2-4-8-16/h5-6,9H,2-4,7-8,10-11H2,1H3,(H,18,19). The molecule has 1 heterocycles. The summed E-state index contributed by atoms with van der Waals surface area (Å²) < 4.78 is 5.24. The second-order valence-electron chi connectivity index (χ2n) is 5.94. The average Bonchev–Trinajstić information content (AvgIpc) is 2.53. The molecule has 5 heteroatoms. The van der Waals surface area contributed by atoms with Gasteiger partial charge in [0, 0.05) is 18.4 Å². The molecule has 2 aliphatic rings. The number of methoxy groups -OCH3 is 1. The van der Waals surface area contributed by atoms with Crippen LogP contribution >= 0.6 is 23.4 Å². The van der Waals surface area contributed by atoms with Gasteiger partial charge in [-0.15, -0.1) is 0 Å². The molecule has 1 aromatic rings. The molecule has 21 heavy (non-hydrogen) atoms. The predicted molar refractivity (Wildman–Crippen MR) is 91.9 cm³/mol. The van der Waals surface area contributed by atoms with Crippen LogP contribution in [0, 0.1) is 5.41 Å². The van der Waals surface area contributed by atoms with Crippen LogP contribution in [0.2, 0.25) is 5.02 Å². The molecule has 1 aliphatic heterocycles. The van der Waals surface area contributed by atoms with E-state index in [9.17, 15) is 0 Å². The highest BCUT2D eigenvalue weighted by molar-refractivity contribution is 8.14. The first-order chi connectivity index (χ1) is 10.2. The van der Waals surface area contributed by atoms with E-state index in [1.54, 1.807) is 7.11 Å². The van der Waals surface area contributed by atoms with Crippen LogP contribution in [-0.2, 0) is 0 Å². The highest BCUT2D eigenvalue weighted by atomic mass is 35.5. The molecule has 1 N–H and O–H groups in total. The van der Waals surface area contributed by atoms with Crippen molar-refractivity contribution in [2.24, 2.45) is 10.4 Å². The van der Waals surface area contributed by atoms with E-state index in [0.717, 1.165) is 23.1 Å². The summed E-state index contributed by atoms with van der Waals surface area (Å²) in [5, 5.41) is 5.01. The van der Waals surface area contributed by atoms with Crippen LogP contribution in [0.5, 0.6) is 5.75 Å². The third-order valence-corrected chi connectivity index (χ3v) is 5.99. The zero-order chi connectivity index (χ0) is 14.7. The Hall–Kier alpha value is -0.870. The van der Waals surface area contributed by atoms with E-state index in [1.165, 1.54) is 37.9 Å². The van der Waals surface area contributed by atoms with Gasteiger partial charge in [0.1, 0.15) is 5.75 Å². The quantitative estimate of drug-likeness (QED) is 0.847. The summed E-state index contributed by atoms with van der Waals surface area (Å²) >= 11 is 8.06. The molecule has 1 aliphatic carbocycles. The molecule has 1 spiro atoms. The first kappa shape index (κ1) is 15.0. The fraction of sp³-hybridized carbons (Fsp3) is 0.562. The Morgan fingerprint density at radius 1 is 1.29 bits per heavy atom. The second-order valence-corrected chi connectivity index (χ2v) is 7.31. The first-order valence-electron chi connectivity index (χ1n) is 7.49. The molecule has 0 bridgehead atoms. The van der Waals surface area contributed by atoms with E-state index in [4.69, 9.17) is 21.3 Å². The Kier molecular flexibility index (Phi) is 4.65. The van der Waals surface area contributed by atoms with Crippen LogP contribution < -0.4 is 10.1 Å². The molecule has 0 radical (unpaired) electrons. The molecule has 1 fully saturated rings. The maximum atomic E-state index is 6.23. The summed E-state index contributed by atoms with van der Waals surface area (Å²) in [7, 11) is 1.66. The number of amidine groups is 1. The lowest BCUT2D eigenvalue weighted by molar-refractivity contribution is 0.232. The molecule has 3 rings (SSSR count). The smallest absolute Gasteiger partial charge is 0.161 e. The van der Waals surface area contributed by atoms with Gasteiger partial charge in [-0.3, -0.25) is 4.99 Å². The lowest BCUT2D eigenvalue weighted by atomic mass is 9.75. The number of aliphatic imine (C=N–C) groups is 1. The Morgan fingerprint density at radius 2 is 2.10 bits per heavy atom. The van der Waals surface area contributed by atoms with Crippen LogP contribution in [0.1, 0.15) is 32.1 Å². The van der Waals surface area contributed by atoms with Crippen LogP contribution in [-0.4, -0.2) is 24.6 Å². The van der Waals surface area contributed by atoms with Crippen molar-refractivity contribution in [2.45, 2.75) is 32.1 Å². The van der Waals surface area contributed by atoms with Gasteiger partial charge in [0.15, 0.2) is 5.17 Å². The zero-order valence-corrected chi connectivity index (χ0v) is 13.9. The number of nitrogens with one attached hydrogen (secondary N) is 1. The number of nitrogens with zero attached hydrogens (tertiary/aromatic N) is 1. The third-order valence-electron chi connectivity index (χ3n) is 4.40. The lowest BCUT2D eigenvalue weighted by Gasteiger charge is -2.38. The zero-order valence-electron chi connectivity index (χ0n) is 12.3. The van der Waals surface area contributed by atoms with Crippen molar-refractivity contribution in [2.75, 3.05) is 24.7 Å². The monoisotopic (exact) mass is 324 g/mol. The minimum absolute atomic E-state index is 0.451. The Bertz CT molecular complexity index is 541. The Morgan fingerprint density at radius 3 is 2.76 bits per heavy atom. The molecular weight excluding hydrogens is 304 g/mol. The summed E-state index contributed by atoms with van der Waals surface area (Å²) in [5.41, 5.74) is 1.31. The van der Waals surface area contributed by atoms with Gasteiger partial charge in [-0.25, -0.2) is 0 Å². The lowest BCUT2D eigenvalue weighted by Crippen LogP contribution is -2.35. The minimum Gasteiger partial charge on any atom is -0.497 e. The van der Waals surface area contributed by atoms with Gasteiger partial charge in [-0.2, -0.15) is 0 Å². The largest absolute Gasteiger partial charge is 0.497 e. The summed E-state index contributed by atoms with van der Waals surface area (Å²) in [6, 6.07) is 5.62. The van der Waals surface area contributed by atoms with Crippen molar-refractivity contribution in [3.05, 3.63) is 23.2 Å². The van der Waals surface area contributed by atoms with E-state index in [2.05, 4.69) is 5.32 Å². The molecule has 3 nitrogen and oxygen atoms in total. The van der Waals surface area contributed by atoms with Crippen LogP contribution in [0.15, 0.2) is 23.2 Å². The third kappa shape index (κ3) is 3.49. The number of hydrogen-bond acceptors (Lipinski definition) is 4. The normalized spacial score (nSPS) is 21.0. The number of ether oxygens (including phenoxy) is 1. The fourth-order valence-corrected chi connectivity index (χ4v) is 4.40. The van der Waals surface area contributed by atoms with Gasteiger partial charge >= 0.3 is 0 Å². The molecule has 0 unspecified atom stereocenters. The Labute approximate surface area is 135 Å². The summed E-state index contributed by atoms with van der Waals surface area (Å²) in [6.07, 6.45) is 6.77. The number of hydrogen-bond donors (Lipinski definition) is 1. The van der Waals surface area contributed by atoms with E-state index < -0.39 is 0 Å².